The zero-order valence-corrected chi connectivity index (χ0v) is 15.7. The van der Waals surface area contributed by atoms with Crippen LogP contribution in [0.15, 0.2) is 18.2 Å². The average Bonchev–Trinajstić information content (AvgIpc) is 3.16. The topological polar surface area (TPSA) is 40.2 Å². The molecule has 1 aliphatic carbocycles. The first-order chi connectivity index (χ1) is 12.0. The lowest BCUT2D eigenvalue weighted by molar-refractivity contribution is -0.202. The molecule has 0 amide bonds. The second-order valence-corrected chi connectivity index (χ2v) is 7.83. The van der Waals surface area contributed by atoms with Crippen LogP contribution in [0.25, 0.3) is 0 Å². The molecule has 4 atom stereocenters. The van der Waals surface area contributed by atoms with Gasteiger partial charge in [0.2, 0.25) is 0 Å². The molecule has 138 valence electrons. The molecule has 4 rings (SSSR count). The fourth-order valence-electron chi connectivity index (χ4n) is 5.14. The molecule has 1 aromatic rings. The maximum Gasteiger partial charge on any atom is 0.170 e. The summed E-state index contributed by atoms with van der Waals surface area (Å²) in [6.45, 7) is 3.91. The SMILES string of the molecule is COc1ccc(C23CCN(C)C2CC2(CC3)OCC(C)O2)cc1OC. The number of likely N-dealkylation sites (tertiary alicyclic amines) is 1. The highest BCUT2D eigenvalue weighted by atomic mass is 16.7. The largest absolute Gasteiger partial charge is 0.493 e. The first-order valence-electron chi connectivity index (χ1n) is 9.26. The summed E-state index contributed by atoms with van der Waals surface area (Å²) in [5.41, 5.74) is 1.48. The highest BCUT2D eigenvalue weighted by Crippen LogP contribution is 2.54. The summed E-state index contributed by atoms with van der Waals surface area (Å²) in [4.78, 5) is 2.48. The molecule has 1 aromatic carbocycles. The first-order valence-corrected chi connectivity index (χ1v) is 9.26. The number of methoxy groups -OCH3 is 2. The average molecular weight is 347 g/mol. The van der Waals surface area contributed by atoms with Gasteiger partial charge in [-0.05, 0) is 51.1 Å². The number of nitrogens with zero attached hydrogens (tertiary/aromatic N) is 1. The second kappa shape index (κ2) is 6.15. The van der Waals surface area contributed by atoms with Crippen molar-refractivity contribution in [2.75, 3.05) is 34.4 Å². The number of fused-ring (bicyclic) bond motifs is 1. The van der Waals surface area contributed by atoms with Crippen LogP contribution in [0.4, 0.5) is 0 Å². The van der Waals surface area contributed by atoms with E-state index in [1.54, 1.807) is 14.2 Å². The lowest BCUT2D eigenvalue weighted by Crippen LogP contribution is -2.53. The zero-order chi connectivity index (χ0) is 17.7. The van der Waals surface area contributed by atoms with Crippen LogP contribution in [0, 0.1) is 0 Å². The highest BCUT2D eigenvalue weighted by Gasteiger charge is 2.57. The molecule has 1 saturated carbocycles. The van der Waals surface area contributed by atoms with E-state index < -0.39 is 0 Å². The Morgan fingerprint density at radius 3 is 2.60 bits per heavy atom. The molecule has 0 radical (unpaired) electrons. The van der Waals surface area contributed by atoms with Crippen LogP contribution in [0.3, 0.4) is 0 Å². The lowest BCUT2D eigenvalue weighted by atomic mass is 9.64. The Labute approximate surface area is 150 Å². The van der Waals surface area contributed by atoms with Gasteiger partial charge in [0.05, 0.1) is 26.9 Å². The summed E-state index contributed by atoms with van der Waals surface area (Å²) in [7, 11) is 5.61. The van der Waals surface area contributed by atoms with Gasteiger partial charge in [-0.15, -0.1) is 0 Å². The number of ether oxygens (including phenoxy) is 4. The molecule has 0 bridgehead atoms. The molecule has 0 aromatic heterocycles. The third-order valence-electron chi connectivity index (χ3n) is 6.49. The van der Waals surface area contributed by atoms with Gasteiger partial charge in [0, 0.05) is 24.3 Å². The van der Waals surface area contributed by atoms with Crippen molar-refractivity contribution in [3.8, 4) is 11.5 Å². The number of benzene rings is 1. The van der Waals surface area contributed by atoms with Crippen molar-refractivity contribution >= 4 is 0 Å². The minimum absolute atomic E-state index is 0.137. The molecular weight excluding hydrogens is 318 g/mol. The summed E-state index contributed by atoms with van der Waals surface area (Å²) >= 11 is 0. The van der Waals surface area contributed by atoms with Crippen LogP contribution in [0.2, 0.25) is 0 Å². The Morgan fingerprint density at radius 2 is 1.92 bits per heavy atom. The number of rotatable bonds is 3. The smallest absolute Gasteiger partial charge is 0.170 e. The minimum atomic E-state index is -0.386. The van der Waals surface area contributed by atoms with E-state index in [1.165, 1.54) is 5.56 Å². The van der Waals surface area contributed by atoms with Crippen LogP contribution in [-0.2, 0) is 14.9 Å². The molecular formula is C20H29NO4. The van der Waals surface area contributed by atoms with Gasteiger partial charge in [-0.25, -0.2) is 0 Å². The number of hydrogen-bond donors (Lipinski definition) is 0. The van der Waals surface area contributed by atoms with E-state index in [1.807, 2.05) is 6.07 Å². The number of likely N-dealkylation sites (N-methyl/N-ethyl adjacent to an activating group) is 1. The van der Waals surface area contributed by atoms with Crippen LogP contribution in [0.5, 0.6) is 11.5 Å². The van der Waals surface area contributed by atoms with E-state index in [0.29, 0.717) is 12.6 Å². The van der Waals surface area contributed by atoms with Crippen molar-refractivity contribution in [1.29, 1.82) is 0 Å². The maximum atomic E-state index is 6.21. The van der Waals surface area contributed by atoms with Gasteiger partial charge in [0.15, 0.2) is 17.3 Å². The van der Waals surface area contributed by atoms with Gasteiger partial charge in [0.1, 0.15) is 0 Å². The van der Waals surface area contributed by atoms with E-state index in [2.05, 4.69) is 31.0 Å². The van der Waals surface area contributed by atoms with Gasteiger partial charge in [-0.1, -0.05) is 6.07 Å². The molecule has 2 aliphatic heterocycles. The fourth-order valence-corrected chi connectivity index (χ4v) is 5.14. The van der Waals surface area contributed by atoms with E-state index in [-0.39, 0.29) is 17.3 Å². The molecule has 3 fully saturated rings. The van der Waals surface area contributed by atoms with E-state index >= 15 is 0 Å². The van der Waals surface area contributed by atoms with Crippen LogP contribution in [-0.4, -0.2) is 57.3 Å². The Bertz CT molecular complexity index is 651. The van der Waals surface area contributed by atoms with Crippen molar-refractivity contribution in [1.82, 2.24) is 4.90 Å². The third-order valence-corrected chi connectivity index (χ3v) is 6.49. The molecule has 4 unspecified atom stereocenters. The molecule has 5 heteroatoms. The Balaban J connectivity index is 1.68. The summed E-state index contributed by atoms with van der Waals surface area (Å²) in [6, 6.07) is 6.84. The van der Waals surface area contributed by atoms with Gasteiger partial charge in [-0.3, -0.25) is 0 Å². The molecule has 2 heterocycles. The van der Waals surface area contributed by atoms with Crippen molar-refractivity contribution in [3.05, 3.63) is 23.8 Å². The first kappa shape index (κ1) is 17.1. The van der Waals surface area contributed by atoms with Crippen LogP contribution < -0.4 is 9.47 Å². The highest BCUT2D eigenvalue weighted by molar-refractivity contribution is 5.46. The predicted molar refractivity (Wildman–Crippen MR) is 95.3 cm³/mol. The van der Waals surface area contributed by atoms with Crippen molar-refractivity contribution < 1.29 is 18.9 Å². The Morgan fingerprint density at radius 1 is 1.12 bits per heavy atom. The lowest BCUT2D eigenvalue weighted by Gasteiger charge is -2.48. The fraction of sp³-hybridized carbons (Fsp3) is 0.700. The van der Waals surface area contributed by atoms with Gasteiger partial charge in [-0.2, -0.15) is 0 Å². The van der Waals surface area contributed by atoms with Gasteiger partial charge < -0.3 is 23.8 Å². The molecule has 0 N–H and O–H groups in total. The Hall–Kier alpha value is -1.30. The van der Waals surface area contributed by atoms with Crippen LogP contribution >= 0.6 is 0 Å². The molecule has 25 heavy (non-hydrogen) atoms. The molecule has 3 aliphatic rings. The van der Waals surface area contributed by atoms with E-state index in [9.17, 15) is 0 Å². The van der Waals surface area contributed by atoms with Crippen molar-refractivity contribution in [2.45, 2.75) is 56.0 Å². The maximum absolute atomic E-state index is 6.21. The number of hydrogen-bond acceptors (Lipinski definition) is 5. The van der Waals surface area contributed by atoms with Crippen molar-refractivity contribution in [3.63, 3.8) is 0 Å². The minimum Gasteiger partial charge on any atom is -0.493 e. The molecule has 5 nitrogen and oxygen atoms in total. The standard InChI is InChI=1S/C20H29NO4/c1-14-13-24-20(25-14)8-7-19(9-10-21(2)18(19)12-20)15-5-6-16(22-3)17(11-15)23-4/h5-6,11,14,18H,7-10,12-13H2,1-4H3. The second-order valence-electron chi connectivity index (χ2n) is 7.83. The quantitative estimate of drug-likeness (QED) is 0.841. The summed E-state index contributed by atoms with van der Waals surface area (Å²) in [5, 5.41) is 0. The van der Waals surface area contributed by atoms with Gasteiger partial charge >= 0.3 is 0 Å². The third kappa shape index (κ3) is 2.64. The molecule has 1 spiro atoms. The predicted octanol–water partition coefficient (Wildman–Crippen LogP) is 2.96. The van der Waals surface area contributed by atoms with E-state index in [4.69, 9.17) is 18.9 Å². The Kier molecular flexibility index (Phi) is 4.21. The summed E-state index contributed by atoms with van der Waals surface area (Å²) < 4.78 is 23.3. The molecule has 2 saturated heterocycles. The van der Waals surface area contributed by atoms with E-state index in [0.717, 1.165) is 43.7 Å². The van der Waals surface area contributed by atoms with Crippen molar-refractivity contribution in [2.24, 2.45) is 0 Å². The van der Waals surface area contributed by atoms with Crippen LogP contribution in [0.1, 0.15) is 38.2 Å². The zero-order valence-electron chi connectivity index (χ0n) is 15.7. The normalized spacial score (nSPS) is 38.1. The van der Waals surface area contributed by atoms with Gasteiger partial charge in [0.25, 0.3) is 0 Å². The summed E-state index contributed by atoms with van der Waals surface area (Å²) in [6.07, 6.45) is 4.32. The summed E-state index contributed by atoms with van der Waals surface area (Å²) in [5.74, 6) is 1.21. The monoisotopic (exact) mass is 347 g/mol.